The number of ether oxygens (including phenoxy) is 1. The van der Waals surface area contributed by atoms with Gasteiger partial charge >= 0.3 is 0 Å². The molecule has 0 bridgehead atoms. The standard InChI is InChI=1S/C27H22ClN3O2/c1-33-20-12-8-17(9-13-20)26-25-22(30-27-29-21-4-2-3-5-23(21)31(26)27)14-18(15-24(25)32)16-6-10-19(28)11-7-16/h2-13,18,26H,14-15H2,1H3,(H,29,30). The van der Waals surface area contributed by atoms with E-state index in [1.54, 1.807) is 7.11 Å². The van der Waals surface area contributed by atoms with E-state index in [1.807, 2.05) is 66.7 Å². The van der Waals surface area contributed by atoms with Crippen LogP contribution in [0.1, 0.15) is 35.9 Å². The van der Waals surface area contributed by atoms with Gasteiger partial charge in [-0.25, -0.2) is 4.98 Å². The number of allylic oxidation sites excluding steroid dienone is 2. The average Bonchev–Trinajstić information content (AvgIpc) is 3.21. The minimum absolute atomic E-state index is 0.105. The first-order valence-electron chi connectivity index (χ1n) is 11.0. The molecule has 6 heteroatoms. The number of ketones is 1. The Morgan fingerprint density at radius 3 is 2.45 bits per heavy atom. The van der Waals surface area contributed by atoms with E-state index in [-0.39, 0.29) is 17.7 Å². The first kappa shape index (κ1) is 20.1. The molecule has 0 saturated heterocycles. The summed E-state index contributed by atoms with van der Waals surface area (Å²) in [6.07, 6.45) is 1.22. The molecule has 0 saturated carbocycles. The van der Waals surface area contributed by atoms with E-state index in [2.05, 4.69) is 16.0 Å². The zero-order valence-electron chi connectivity index (χ0n) is 18.1. The maximum atomic E-state index is 13.7. The number of nitrogens with one attached hydrogen (secondary N) is 1. The Morgan fingerprint density at radius 2 is 1.70 bits per heavy atom. The summed E-state index contributed by atoms with van der Waals surface area (Å²) in [4.78, 5) is 18.5. The number of hydrogen-bond acceptors (Lipinski definition) is 4. The molecule has 0 spiro atoms. The summed E-state index contributed by atoms with van der Waals surface area (Å²) in [7, 11) is 1.66. The number of benzene rings is 3. The van der Waals surface area contributed by atoms with Crippen LogP contribution in [0.15, 0.2) is 84.1 Å². The van der Waals surface area contributed by atoms with Crippen LogP contribution in [0.25, 0.3) is 11.0 Å². The number of halogens is 1. The van der Waals surface area contributed by atoms with Crippen LogP contribution in [0.5, 0.6) is 5.75 Å². The van der Waals surface area contributed by atoms with Crippen LogP contribution < -0.4 is 10.1 Å². The van der Waals surface area contributed by atoms with Gasteiger partial charge in [-0.1, -0.05) is 48.0 Å². The molecule has 2 unspecified atom stereocenters. The molecule has 1 aliphatic heterocycles. The molecule has 6 rings (SSSR count). The van der Waals surface area contributed by atoms with Crippen LogP contribution in [-0.4, -0.2) is 22.4 Å². The van der Waals surface area contributed by atoms with Gasteiger partial charge in [0.1, 0.15) is 5.75 Å². The van der Waals surface area contributed by atoms with E-state index in [0.717, 1.165) is 51.5 Å². The van der Waals surface area contributed by atoms with Gasteiger partial charge in [0.15, 0.2) is 5.78 Å². The normalized spacial score (nSPS) is 19.8. The Balaban J connectivity index is 1.50. The van der Waals surface area contributed by atoms with Gasteiger partial charge in [-0.05, 0) is 59.9 Å². The first-order chi connectivity index (χ1) is 16.1. The van der Waals surface area contributed by atoms with E-state index in [0.29, 0.717) is 11.4 Å². The summed E-state index contributed by atoms with van der Waals surface area (Å²) < 4.78 is 7.51. The van der Waals surface area contributed by atoms with Crippen molar-refractivity contribution in [1.29, 1.82) is 0 Å². The molecule has 3 aromatic carbocycles. The zero-order valence-corrected chi connectivity index (χ0v) is 18.8. The highest BCUT2D eigenvalue weighted by atomic mass is 35.5. The molecule has 2 aliphatic rings. The van der Waals surface area contributed by atoms with Gasteiger partial charge in [0, 0.05) is 22.7 Å². The fraction of sp³-hybridized carbons (Fsp3) is 0.185. The van der Waals surface area contributed by atoms with Gasteiger partial charge in [-0.3, -0.25) is 9.36 Å². The third kappa shape index (κ3) is 3.31. The maximum Gasteiger partial charge on any atom is 0.209 e. The maximum absolute atomic E-state index is 13.7. The van der Waals surface area contributed by atoms with E-state index in [9.17, 15) is 4.79 Å². The fourth-order valence-corrected chi connectivity index (χ4v) is 5.22. The van der Waals surface area contributed by atoms with Crippen LogP contribution in [0.2, 0.25) is 5.02 Å². The quantitative estimate of drug-likeness (QED) is 0.404. The summed E-state index contributed by atoms with van der Waals surface area (Å²) in [5.74, 6) is 1.82. The monoisotopic (exact) mass is 455 g/mol. The summed E-state index contributed by atoms with van der Waals surface area (Å²) in [6, 6.07) is 23.6. The second-order valence-electron chi connectivity index (χ2n) is 8.57. The summed E-state index contributed by atoms with van der Waals surface area (Å²) in [5, 5.41) is 4.21. The summed E-state index contributed by atoms with van der Waals surface area (Å²) >= 11 is 6.08. The van der Waals surface area contributed by atoms with E-state index in [4.69, 9.17) is 21.3 Å². The van der Waals surface area contributed by atoms with Crippen molar-refractivity contribution in [3.05, 3.63) is 100 Å². The van der Waals surface area contributed by atoms with Gasteiger partial charge in [0.25, 0.3) is 0 Å². The molecule has 4 aromatic rings. The van der Waals surface area contributed by atoms with Gasteiger partial charge in [-0.15, -0.1) is 0 Å². The number of carbonyl (C=O) groups is 1. The molecule has 2 heterocycles. The van der Waals surface area contributed by atoms with Crippen molar-refractivity contribution in [3.8, 4) is 5.75 Å². The molecule has 0 radical (unpaired) electrons. The highest BCUT2D eigenvalue weighted by Crippen LogP contribution is 2.46. The number of imidazole rings is 1. The number of nitrogens with zero attached hydrogens (tertiary/aromatic N) is 2. The van der Waals surface area contributed by atoms with Crippen LogP contribution in [0.3, 0.4) is 0 Å². The minimum Gasteiger partial charge on any atom is -0.497 e. The number of anilines is 1. The summed E-state index contributed by atoms with van der Waals surface area (Å²) in [6.45, 7) is 0. The number of Topliss-reactive ketones (excluding diaryl/α,β-unsaturated/α-hetero) is 1. The van der Waals surface area contributed by atoms with Crippen molar-refractivity contribution in [1.82, 2.24) is 9.55 Å². The van der Waals surface area contributed by atoms with Crippen molar-refractivity contribution in [3.63, 3.8) is 0 Å². The lowest BCUT2D eigenvalue weighted by Crippen LogP contribution is -2.33. The van der Waals surface area contributed by atoms with Crippen molar-refractivity contribution >= 4 is 34.4 Å². The lowest BCUT2D eigenvalue weighted by molar-refractivity contribution is -0.116. The SMILES string of the molecule is COc1ccc(C2C3=C(CC(c4ccc(Cl)cc4)CC3=O)Nc3nc4ccccc4n32)cc1. The van der Waals surface area contributed by atoms with E-state index < -0.39 is 0 Å². The van der Waals surface area contributed by atoms with Gasteiger partial charge in [0.2, 0.25) is 5.95 Å². The Kier molecular flexibility index (Phi) is 4.73. The Hall–Kier alpha value is -3.57. The predicted molar refractivity (Wildman–Crippen MR) is 130 cm³/mol. The van der Waals surface area contributed by atoms with Crippen LogP contribution in [-0.2, 0) is 4.79 Å². The van der Waals surface area contributed by atoms with Crippen LogP contribution >= 0.6 is 11.6 Å². The molecule has 5 nitrogen and oxygen atoms in total. The number of rotatable bonds is 3. The highest BCUT2D eigenvalue weighted by Gasteiger charge is 2.39. The Morgan fingerprint density at radius 1 is 0.970 bits per heavy atom. The number of fused-ring (bicyclic) bond motifs is 3. The van der Waals surface area contributed by atoms with Gasteiger partial charge in [0.05, 0.1) is 24.2 Å². The second-order valence-corrected chi connectivity index (χ2v) is 9.00. The lowest BCUT2D eigenvalue weighted by atomic mass is 9.77. The van der Waals surface area contributed by atoms with Crippen LogP contribution in [0.4, 0.5) is 5.95 Å². The van der Waals surface area contributed by atoms with E-state index >= 15 is 0 Å². The molecule has 0 fully saturated rings. The number of para-hydroxylation sites is 2. The molecule has 2 atom stereocenters. The number of aromatic nitrogens is 2. The molecule has 1 aromatic heterocycles. The lowest BCUT2D eigenvalue weighted by Gasteiger charge is -2.36. The molecule has 1 N–H and O–H groups in total. The zero-order chi connectivity index (χ0) is 22.5. The average molecular weight is 456 g/mol. The molecule has 1 aliphatic carbocycles. The summed E-state index contributed by atoms with van der Waals surface area (Å²) in [5.41, 5.74) is 5.84. The highest BCUT2D eigenvalue weighted by molar-refractivity contribution is 6.30. The minimum atomic E-state index is -0.242. The largest absolute Gasteiger partial charge is 0.497 e. The van der Waals surface area contributed by atoms with Crippen molar-refractivity contribution in [2.45, 2.75) is 24.8 Å². The third-order valence-corrected chi connectivity index (χ3v) is 6.92. The Labute approximate surface area is 196 Å². The third-order valence-electron chi connectivity index (χ3n) is 6.67. The number of carbonyl (C=O) groups excluding carboxylic acids is 1. The van der Waals surface area contributed by atoms with Gasteiger partial charge in [-0.2, -0.15) is 0 Å². The number of methoxy groups -OCH3 is 1. The predicted octanol–water partition coefficient (Wildman–Crippen LogP) is 6.11. The van der Waals surface area contributed by atoms with Crippen molar-refractivity contribution in [2.24, 2.45) is 0 Å². The van der Waals surface area contributed by atoms with E-state index in [1.165, 1.54) is 0 Å². The Bertz CT molecular complexity index is 1400. The molecular weight excluding hydrogens is 434 g/mol. The molecular formula is C27H22ClN3O2. The van der Waals surface area contributed by atoms with Gasteiger partial charge < -0.3 is 10.1 Å². The molecule has 0 amide bonds. The van der Waals surface area contributed by atoms with Crippen molar-refractivity contribution in [2.75, 3.05) is 12.4 Å². The topological polar surface area (TPSA) is 56.1 Å². The van der Waals surface area contributed by atoms with Crippen molar-refractivity contribution < 1.29 is 9.53 Å². The number of hydrogen-bond donors (Lipinski definition) is 1. The fourth-order valence-electron chi connectivity index (χ4n) is 5.10. The first-order valence-corrected chi connectivity index (χ1v) is 11.4. The van der Waals surface area contributed by atoms with Crippen LogP contribution in [0, 0.1) is 0 Å². The molecule has 33 heavy (non-hydrogen) atoms. The second kappa shape index (κ2) is 7.78. The molecule has 164 valence electrons. The smallest absolute Gasteiger partial charge is 0.209 e.